The van der Waals surface area contributed by atoms with Gasteiger partial charge in [-0.2, -0.15) is 0 Å². The Bertz CT molecular complexity index is 431. The van der Waals surface area contributed by atoms with E-state index in [1.807, 2.05) is 13.8 Å². The molecule has 0 radical (unpaired) electrons. The van der Waals surface area contributed by atoms with E-state index < -0.39 is 11.6 Å². The third kappa shape index (κ3) is 2.82. The molecule has 18 heavy (non-hydrogen) atoms. The summed E-state index contributed by atoms with van der Waals surface area (Å²) in [5, 5.41) is -0.181. The van der Waals surface area contributed by atoms with Crippen molar-refractivity contribution < 1.29 is 13.5 Å². The van der Waals surface area contributed by atoms with Crippen LogP contribution in [0.3, 0.4) is 0 Å². The highest BCUT2D eigenvalue weighted by atomic mass is 35.5. The highest BCUT2D eigenvalue weighted by molar-refractivity contribution is 6.30. The minimum atomic E-state index is -0.582. The van der Waals surface area contributed by atoms with Crippen molar-refractivity contribution in [2.75, 3.05) is 13.2 Å². The third-order valence-electron chi connectivity index (χ3n) is 3.29. The van der Waals surface area contributed by atoms with E-state index in [1.54, 1.807) is 0 Å². The predicted octanol–water partition coefficient (Wildman–Crippen LogP) is 3.23. The molecule has 2 atom stereocenters. The molecule has 2 nitrogen and oxygen atoms in total. The molecule has 5 heteroatoms. The van der Waals surface area contributed by atoms with Gasteiger partial charge in [0.1, 0.15) is 11.6 Å². The van der Waals surface area contributed by atoms with E-state index in [4.69, 9.17) is 16.3 Å². The lowest BCUT2D eigenvalue weighted by molar-refractivity contribution is -0.0413. The van der Waals surface area contributed by atoms with Crippen molar-refractivity contribution in [2.24, 2.45) is 0 Å². The Morgan fingerprint density at radius 3 is 2.44 bits per heavy atom. The van der Waals surface area contributed by atoms with E-state index in [-0.39, 0.29) is 17.1 Å². The van der Waals surface area contributed by atoms with Gasteiger partial charge in [-0.25, -0.2) is 8.78 Å². The normalized spacial score (nSPS) is 25.4. The summed E-state index contributed by atoms with van der Waals surface area (Å²) in [5.74, 6) is -1.05. The Balaban J connectivity index is 2.20. The van der Waals surface area contributed by atoms with Gasteiger partial charge in [-0.15, -0.1) is 0 Å². The summed E-state index contributed by atoms with van der Waals surface area (Å²) < 4.78 is 32.5. The Morgan fingerprint density at radius 2 is 1.83 bits per heavy atom. The molecule has 1 aliphatic rings. The summed E-state index contributed by atoms with van der Waals surface area (Å²) >= 11 is 5.54. The summed E-state index contributed by atoms with van der Waals surface area (Å²) in [6.45, 7) is 5.62. The van der Waals surface area contributed by atoms with Gasteiger partial charge in [0.15, 0.2) is 0 Å². The summed E-state index contributed by atoms with van der Waals surface area (Å²) in [5.41, 5.74) is 0.331. The molecule has 0 amide bonds. The van der Waals surface area contributed by atoms with Crippen molar-refractivity contribution in [1.29, 1.82) is 0 Å². The van der Waals surface area contributed by atoms with Gasteiger partial charge in [0.25, 0.3) is 0 Å². The molecule has 0 N–H and O–H groups in total. The van der Waals surface area contributed by atoms with Crippen LogP contribution in [0.25, 0.3) is 0 Å². The maximum absolute atomic E-state index is 13.7. The Hall–Kier alpha value is -0.710. The van der Waals surface area contributed by atoms with Crippen molar-refractivity contribution in [3.05, 3.63) is 34.4 Å². The van der Waals surface area contributed by atoms with Gasteiger partial charge in [-0.1, -0.05) is 11.6 Å². The summed E-state index contributed by atoms with van der Waals surface area (Å²) in [6.07, 6.45) is 0. The predicted molar refractivity (Wildman–Crippen MR) is 66.7 cm³/mol. The van der Waals surface area contributed by atoms with Gasteiger partial charge in [0.2, 0.25) is 0 Å². The van der Waals surface area contributed by atoms with E-state index >= 15 is 0 Å². The van der Waals surface area contributed by atoms with Crippen LogP contribution < -0.4 is 0 Å². The molecule has 0 aromatic heterocycles. The summed E-state index contributed by atoms with van der Waals surface area (Å²) in [6, 6.07) is 2.58. The van der Waals surface area contributed by atoms with E-state index in [0.29, 0.717) is 25.3 Å². The zero-order valence-corrected chi connectivity index (χ0v) is 11.2. The average Bonchev–Trinajstić information content (AvgIpc) is 2.30. The highest BCUT2D eigenvalue weighted by Gasteiger charge is 2.26. The fourth-order valence-corrected chi connectivity index (χ4v) is 2.38. The van der Waals surface area contributed by atoms with Crippen LogP contribution in [-0.2, 0) is 11.3 Å². The van der Waals surface area contributed by atoms with Crippen LogP contribution in [0.5, 0.6) is 0 Å². The number of nitrogens with zero attached hydrogens (tertiary/aromatic N) is 1. The molecule has 0 bridgehead atoms. The minimum absolute atomic E-state index is 0.181. The van der Waals surface area contributed by atoms with E-state index in [9.17, 15) is 8.78 Å². The molecule has 0 aliphatic carbocycles. The number of ether oxygens (including phenoxy) is 1. The van der Waals surface area contributed by atoms with Gasteiger partial charge in [0, 0.05) is 24.2 Å². The number of benzene rings is 1. The molecule has 1 aromatic rings. The lowest BCUT2D eigenvalue weighted by atomic mass is 10.1. The maximum Gasteiger partial charge on any atom is 0.142 e. The highest BCUT2D eigenvalue weighted by Crippen LogP contribution is 2.23. The van der Waals surface area contributed by atoms with Gasteiger partial charge < -0.3 is 4.74 Å². The van der Waals surface area contributed by atoms with Crippen LogP contribution in [-0.4, -0.2) is 30.2 Å². The third-order valence-corrected chi connectivity index (χ3v) is 3.58. The Kier molecular flexibility index (Phi) is 4.20. The molecule has 0 spiro atoms. The molecule has 2 rings (SSSR count). The topological polar surface area (TPSA) is 12.5 Å². The van der Waals surface area contributed by atoms with Gasteiger partial charge in [-0.05, 0) is 26.0 Å². The first-order chi connectivity index (χ1) is 8.49. The monoisotopic (exact) mass is 275 g/mol. The Labute approximate surface area is 110 Å². The van der Waals surface area contributed by atoms with Crippen LogP contribution in [0.4, 0.5) is 8.78 Å². The fraction of sp³-hybridized carbons (Fsp3) is 0.538. The fourth-order valence-electron chi connectivity index (χ4n) is 2.23. The standard InChI is InChI=1S/C13H16ClF2NO/c1-8-6-18-7-9(2)17(8)5-10-3-13(16)11(14)4-12(10)15/h3-4,8-9H,5-7H2,1-2H3/t8-,9-/m0/s1. The molecule has 0 unspecified atom stereocenters. The van der Waals surface area contributed by atoms with Crippen molar-refractivity contribution in [2.45, 2.75) is 32.5 Å². The molecular formula is C13H16ClF2NO. The van der Waals surface area contributed by atoms with Gasteiger partial charge >= 0.3 is 0 Å². The van der Waals surface area contributed by atoms with Crippen LogP contribution in [0.15, 0.2) is 12.1 Å². The van der Waals surface area contributed by atoms with Crippen molar-refractivity contribution in [1.82, 2.24) is 4.90 Å². The summed E-state index contributed by atoms with van der Waals surface area (Å²) in [4.78, 5) is 2.11. The van der Waals surface area contributed by atoms with Crippen LogP contribution >= 0.6 is 11.6 Å². The largest absolute Gasteiger partial charge is 0.378 e. The van der Waals surface area contributed by atoms with Crippen molar-refractivity contribution in [3.8, 4) is 0 Å². The number of hydrogen-bond donors (Lipinski definition) is 0. The molecule has 100 valence electrons. The van der Waals surface area contributed by atoms with Crippen LogP contribution in [0.2, 0.25) is 5.02 Å². The van der Waals surface area contributed by atoms with Crippen LogP contribution in [0.1, 0.15) is 19.4 Å². The molecule has 0 saturated carbocycles. The quantitative estimate of drug-likeness (QED) is 0.769. The zero-order chi connectivity index (χ0) is 13.3. The van der Waals surface area contributed by atoms with E-state index in [1.165, 1.54) is 6.07 Å². The first kappa shape index (κ1) is 13.7. The van der Waals surface area contributed by atoms with E-state index in [0.717, 1.165) is 6.07 Å². The molecule has 1 aliphatic heterocycles. The number of halogens is 3. The van der Waals surface area contributed by atoms with Crippen LogP contribution in [0, 0.1) is 11.6 Å². The molecule has 1 fully saturated rings. The molecular weight excluding hydrogens is 260 g/mol. The smallest absolute Gasteiger partial charge is 0.142 e. The SMILES string of the molecule is C[C@H]1COC[C@H](C)N1Cc1cc(F)c(Cl)cc1F. The molecule has 1 heterocycles. The molecule has 1 aromatic carbocycles. The van der Waals surface area contributed by atoms with E-state index in [2.05, 4.69) is 4.90 Å². The van der Waals surface area contributed by atoms with Crippen molar-refractivity contribution >= 4 is 11.6 Å². The number of rotatable bonds is 2. The second kappa shape index (κ2) is 5.51. The average molecular weight is 276 g/mol. The zero-order valence-electron chi connectivity index (χ0n) is 10.4. The summed E-state index contributed by atoms with van der Waals surface area (Å²) in [7, 11) is 0. The molecule has 1 saturated heterocycles. The number of hydrogen-bond acceptors (Lipinski definition) is 2. The minimum Gasteiger partial charge on any atom is -0.378 e. The first-order valence-corrected chi connectivity index (χ1v) is 6.33. The Morgan fingerprint density at radius 1 is 1.22 bits per heavy atom. The van der Waals surface area contributed by atoms with Gasteiger partial charge in [-0.3, -0.25) is 4.90 Å². The number of morpholine rings is 1. The second-order valence-electron chi connectivity index (χ2n) is 4.77. The van der Waals surface area contributed by atoms with Gasteiger partial charge in [0.05, 0.1) is 18.2 Å². The lowest BCUT2D eigenvalue weighted by Crippen LogP contribution is -2.48. The maximum atomic E-state index is 13.7. The second-order valence-corrected chi connectivity index (χ2v) is 5.17. The first-order valence-electron chi connectivity index (χ1n) is 5.96. The lowest BCUT2D eigenvalue weighted by Gasteiger charge is -2.38. The van der Waals surface area contributed by atoms with Crippen molar-refractivity contribution in [3.63, 3.8) is 0 Å².